The van der Waals surface area contributed by atoms with E-state index in [1.165, 1.54) is 0 Å². The first-order valence-electron chi connectivity index (χ1n) is 3.76. The molecule has 0 aromatic heterocycles. The van der Waals surface area contributed by atoms with E-state index in [4.69, 9.17) is 10.2 Å². The first-order valence-corrected chi connectivity index (χ1v) is 3.76. The predicted octanol–water partition coefficient (Wildman–Crippen LogP) is -0.567. The minimum absolute atomic E-state index is 0.246. The van der Waals surface area contributed by atoms with Gasteiger partial charge in [0.1, 0.15) is 0 Å². The van der Waals surface area contributed by atoms with Gasteiger partial charge in [0.15, 0.2) is 0 Å². The minimum atomic E-state index is -0.874. The molecule has 3 N–H and O–H groups in total. The lowest BCUT2D eigenvalue weighted by molar-refractivity contribution is -0.153. The third-order valence-corrected chi connectivity index (χ3v) is 2.32. The summed E-state index contributed by atoms with van der Waals surface area (Å²) < 4.78 is 0. The molecule has 1 aliphatic heterocycles. The van der Waals surface area contributed by atoms with Crippen LogP contribution in [0.3, 0.4) is 0 Å². The van der Waals surface area contributed by atoms with E-state index in [0.29, 0.717) is 25.9 Å². The molecule has 0 unspecified atom stereocenters. The van der Waals surface area contributed by atoms with Crippen molar-refractivity contribution in [3.63, 3.8) is 0 Å². The first kappa shape index (κ1) is 8.49. The van der Waals surface area contributed by atoms with Gasteiger partial charge in [-0.1, -0.05) is 0 Å². The summed E-state index contributed by atoms with van der Waals surface area (Å²) in [5.74, 6) is -0.874. The van der Waals surface area contributed by atoms with E-state index in [9.17, 15) is 4.79 Å². The third-order valence-electron chi connectivity index (χ3n) is 2.32. The van der Waals surface area contributed by atoms with E-state index in [1.807, 2.05) is 0 Å². The zero-order valence-electron chi connectivity index (χ0n) is 6.34. The molecule has 4 heteroatoms. The molecule has 0 atom stereocenters. The van der Waals surface area contributed by atoms with Crippen molar-refractivity contribution in [2.24, 2.45) is 5.41 Å². The lowest BCUT2D eigenvalue weighted by atomic mass is 9.80. The van der Waals surface area contributed by atoms with Gasteiger partial charge < -0.3 is 15.5 Å². The van der Waals surface area contributed by atoms with Crippen molar-refractivity contribution in [3.8, 4) is 0 Å². The number of aliphatic hydroxyl groups excluding tert-OH is 1. The number of hydrogen-bond acceptors (Lipinski definition) is 3. The summed E-state index contributed by atoms with van der Waals surface area (Å²) in [5.41, 5.74) is -0.870. The summed E-state index contributed by atoms with van der Waals surface area (Å²) in [6.45, 7) is 1.13. The molecule has 0 spiro atoms. The minimum Gasteiger partial charge on any atom is -0.481 e. The molecule has 0 aromatic rings. The van der Waals surface area contributed by atoms with Crippen LogP contribution in [0.5, 0.6) is 0 Å². The summed E-state index contributed by atoms with van der Waals surface area (Å²) in [5, 5.41) is 20.8. The fraction of sp³-hybridized carbons (Fsp3) is 0.857. The van der Waals surface area contributed by atoms with Crippen LogP contribution in [0.15, 0.2) is 0 Å². The number of aliphatic hydroxyl groups is 1. The number of carbonyl (C=O) groups is 1. The average Bonchev–Trinajstić information content (AvgIpc) is 2.05. The Morgan fingerprint density at radius 2 is 2.00 bits per heavy atom. The molecule has 1 rings (SSSR count). The van der Waals surface area contributed by atoms with Gasteiger partial charge in [0.2, 0.25) is 0 Å². The van der Waals surface area contributed by atoms with Crippen LogP contribution in [0.1, 0.15) is 12.8 Å². The Hall–Kier alpha value is -0.610. The van der Waals surface area contributed by atoms with E-state index in [2.05, 4.69) is 5.32 Å². The monoisotopic (exact) mass is 159 g/mol. The standard InChI is InChI=1S/C7H13NO3/c9-5-7(6(10)11)1-3-8-4-2-7/h8-9H,1-5H2,(H,10,11). The zero-order chi connectivity index (χ0) is 8.32. The summed E-state index contributed by atoms with van der Waals surface area (Å²) in [4.78, 5) is 10.7. The van der Waals surface area contributed by atoms with E-state index < -0.39 is 11.4 Å². The van der Waals surface area contributed by atoms with Crippen molar-refractivity contribution in [2.45, 2.75) is 12.8 Å². The number of carboxylic acids is 1. The molecule has 0 aliphatic carbocycles. The molecule has 1 fully saturated rings. The maximum absolute atomic E-state index is 10.7. The largest absolute Gasteiger partial charge is 0.481 e. The molecule has 1 aliphatic rings. The van der Waals surface area contributed by atoms with Crippen molar-refractivity contribution in [1.82, 2.24) is 5.32 Å². The van der Waals surface area contributed by atoms with Gasteiger partial charge in [-0.15, -0.1) is 0 Å². The Labute approximate surface area is 65.2 Å². The summed E-state index contributed by atoms with van der Waals surface area (Å²) in [7, 11) is 0. The van der Waals surface area contributed by atoms with Crippen molar-refractivity contribution in [2.75, 3.05) is 19.7 Å². The van der Waals surface area contributed by atoms with Crippen molar-refractivity contribution >= 4 is 5.97 Å². The second-order valence-corrected chi connectivity index (χ2v) is 2.99. The molecule has 4 nitrogen and oxygen atoms in total. The van der Waals surface area contributed by atoms with E-state index >= 15 is 0 Å². The second-order valence-electron chi connectivity index (χ2n) is 2.99. The highest BCUT2D eigenvalue weighted by Gasteiger charge is 2.38. The summed E-state index contributed by atoms with van der Waals surface area (Å²) >= 11 is 0. The molecule has 0 saturated carbocycles. The van der Waals surface area contributed by atoms with Gasteiger partial charge in [-0.2, -0.15) is 0 Å². The van der Waals surface area contributed by atoms with Crippen LogP contribution < -0.4 is 5.32 Å². The third kappa shape index (κ3) is 1.52. The maximum Gasteiger partial charge on any atom is 0.312 e. The van der Waals surface area contributed by atoms with Crippen LogP contribution in [-0.4, -0.2) is 35.9 Å². The Kier molecular flexibility index (Phi) is 2.46. The highest BCUT2D eigenvalue weighted by molar-refractivity contribution is 5.74. The van der Waals surface area contributed by atoms with Crippen LogP contribution >= 0.6 is 0 Å². The molecule has 0 bridgehead atoms. The number of carboxylic acid groups (broad SMARTS) is 1. The van der Waals surface area contributed by atoms with Crippen LogP contribution in [0, 0.1) is 5.41 Å². The summed E-state index contributed by atoms with van der Waals surface area (Å²) in [6.07, 6.45) is 1.05. The second kappa shape index (κ2) is 3.19. The molecule has 1 saturated heterocycles. The van der Waals surface area contributed by atoms with Crippen molar-refractivity contribution < 1.29 is 15.0 Å². The van der Waals surface area contributed by atoms with Crippen molar-refractivity contribution in [1.29, 1.82) is 0 Å². The lowest BCUT2D eigenvalue weighted by Gasteiger charge is -2.31. The van der Waals surface area contributed by atoms with E-state index in [-0.39, 0.29) is 6.61 Å². The first-order chi connectivity index (χ1) is 5.21. The van der Waals surface area contributed by atoms with Crippen molar-refractivity contribution in [3.05, 3.63) is 0 Å². The van der Waals surface area contributed by atoms with Gasteiger partial charge in [0, 0.05) is 0 Å². The summed E-state index contributed by atoms with van der Waals surface area (Å²) in [6, 6.07) is 0. The molecule has 64 valence electrons. The van der Waals surface area contributed by atoms with Crippen LogP contribution in [-0.2, 0) is 4.79 Å². The molecule has 11 heavy (non-hydrogen) atoms. The number of piperidine rings is 1. The Bertz CT molecular complexity index is 152. The Morgan fingerprint density at radius 1 is 1.45 bits per heavy atom. The van der Waals surface area contributed by atoms with Crippen LogP contribution in [0.4, 0.5) is 0 Å². The fourth-order valence-corrected chi connectivity index (χ4v) is 1.34. The van der Waals surface area contributed by atoms with Crippen LogP contribution in [0.25, 0.3) is 0 Å². The maximum atomic E-state index is 10.7. The molecular weight excluding hydrogens is 146 g/mol. The van der Waals surface area contributed by atoms with Gasteiger partial charge >= 0.3 is 5.97 Å². The van der Waals surface area contributed by atoms with Crippen LogP contribution in [0.2, 0.25) is 0 Å². The molecule has 0 amide bonds. The zero-order valence-corrected chi connectivity index (χ0v) is 6.34. The van der Waals surface area contributed by atoms with Gasteiger partial charge in [-0.05, 0) is 25.9 Å². The van der Waals surface area contributed by atoms with Gasteiger partial charge in [0.05, 0.1) is 12.0 Å². The number of aliphatic carboxylic acids is 1. The highest BCUT2D eigenvalue weighted by atomic mass is 16.4. The van der Waals surface area contributed by atoms with Gasteiger partial charge in [0.25, 0.3) is 0 Å². The number of hydrogen-bond donors (Lipinski definition) is 3. The average molecular weight is 159 g/mol. The quantitative estimate of drug-likeness (QED) is 0.505. The normalized spacial score (nSPS) is 23.0. The number of nitrogens with one attached hydrogen (secondary N) is 1. The Balaban J connectivity index is 2.64. The lowest BCUT2D eigenvalue weighted by Crippen LogP contribution is -2.44. The van der Waals surface area contributed by atoms with E-state index in [0.717, 1.165) is 0 Å². The SMILES string of the molecule is O=C(O)C1(CO)CCNCC1. The fourth-order valence-electron chi connectivity index (χ4n) is 1.34. The molecule has 0 radical (unpaired) electrons. The van der Waals surface area contributed by atoms with Gasteiger partial charge in [-0.25, -0.2) is 0 Å². The highest BCUT2D eigenvalue weighted by Crippen LogP contribution is 2.27. The number of rotatable bonds is 2. The van der Waals surface area contributed by atoms with E-state index in [1.54, 1.807) is 0 Å². The predicted molar refractivity (Wildman–Crippen MR) is 39.3 cm³/mol. The molecule has 0 aromatic carbocycles. The smallest absolute Gasteiger partial charge is 0.312 e. The molecule has 1 heterocycles. The van der Waals surface area contributed by atoms with Gasteiger partial charge in [-0.3, -0.25) is 4.79 Å². The molecular formula is C7H13NO3. The topological polar surface area (TPSA) is 69.6 Å². The Morgan fingerprint density at radius 3 is 2.27 bits per heavy atom.